The van der Waals surface area contributed by atoms with Gasteiger partial charge in [0.15, 0.2) is 11.5 Å². The summed E-state index contributed by atoms with van der Waals surface area (Å²) in [7, 11) is 0. The van der Waals surface area contributed by atoms with Gasteiger partial charge in [-0.1, -0.05) is 72.3 Å². The Hall–Kier alpha value is -3.24. The smallest absolute Gasteiger partial charge is 0.217 e. The molecule has 0 saturated heterocycles. The van der Waals surface area contributed by atoms with Crippen LogP contribution in [0.2, 0.25) is 5.02 Å². The van der Waals surface area contributed by atoms with E-state index in [4.69, 9.17) is 11.6 Å². The number of nitrogens with zero attached hydrogens (tertiary/aromatic N) is 2. The fourth-order valence-electron chi connectivity index (χ4n) is 2.27. The third kappa shape index (κ3) is 4.23. The van der Waals surface area contributed by atoms with E-state index in [9.17, 15) is 9.90 Å². The summed E-state index contributed by atoms with van der Waals surface area (Å²) in [6.07, 6.45) is 0. The largest absolute Gasteiger partial charge is 0.505 e. The highest BCUT2D eigenvalue weighted by Gasteiger charge is 2.18. The average Bonchev–Trinajstić information content (AvgIpc) is 2.70. The number of hydrogen-bond acceptors (Lipinski definition) is 4. The van der Waals surface area contributed by atoms with Crippen LogP contribution in [-0.2, 0) is 0 Å². The standard InChI is InChI=1S/C21H15ClN2O2/c22-17-11-13-18(14-12-17)23-24-19(20(25)15-7-3-1-4-8-15)21(26)16-9-5-2-6-10-16/h1-14,25H/b20-19+,24-23?. The van der Waals surface area contributed by atoms with Gasteiger partial charge in [0.25, 0.3) is 0 Å². The Labute approximate surface area is 156 Å². The molecule has 0 spiro atoms. The van der Waals surface area contributed by atoms with E-state index < -0.39 is 5.78 Å². The van der Waals surface area contributed by atoms with E-state index >= 15 is 0 Å². The lowest BCUT2D eigenvalue weighted by Gasteiger charge is -2.06. The van der Waals surface area contributed by atoms with E-state index in [1.54, 1.807) is 72.8 Å². The van der Waals surface area contributed by atoms with Gasteiger partial charge in [-0.25, -0.2) is 0 Å². The summed E-state index contributed by atoms with van der Waals surface area (Å²) in [5.74, 6) is -0.637. The molecule has 0 aromatic heterocycles. The fourth-order valence-corrected chi connectivity index (χ4v) is 2.40. The second-order valence-corrected chi connectivity index (χ2v) is 5.87. The van der Waals surface area contributed by atoms with Gasteiger partial charge < -0.3 is 5.11 Å². The normalized spacial score (nSPS) is 12.0. The molecule has 0 amide bonds. The molecule has 26 heavy (non-hydrogen) atoms. The number of carbonyl (C=O) groups excluding carboxylic acids is 1. The zero-order valence-corrected chi connectivity index (χ0v) is 14.5. The monoisotopic (exact) mass is 362 g/mol. The lowest BCUT2D eigenvalue weighted by Crippen LogP contribution is -2.04. The Bertz CT molecular complexity index is 950. The van der Waals surface area contributed by atoms with E-state index in [1.165, 1.54) is 0 Å². The molecule has 0 unspecified atom stereocenters. The van der Waals surface area contributed by atoms with Crippen LogP contribution in [0.5, 0.6) is 0 Å². The zero-order chi connectivity index (χ0) is 18.4. The molecule has 5 heteroatoms. The van der Waals surface area contributed by atoms with Gasteiger partial charge >= 0.3 is 0 Å². The Balaban J connectivity index is 2.04. The molecule has 128 valence electrons. The highest BCUT2D eigenvalue weighted by molar-refractivity contribution is 6.30. The van der Waals surface area contributed by atoms with Gasteiger partial charge in [-0.3, -0.25) is 4.79 Å². The van der Waals surface area contributed by atoms with Crippen molar-refractivity contribution in [2.75, 3.05) is 0 Å². The minimum absolute atomic E-state index is 0.127. The Morgan fingerprint density at radius 1 is 0.769 bits per heavy atom. The van der Waals surface area contributed by atoms with Gasteiger partial charge in [-0.05, 0) is 24.3 Å². The Morgan fingerprint density at radius 3 is 1.88 bits per heavy atom. The number of benzene rings is 3. The summed E-state index contributed by atoms with van der Waals surface area (Å²) in [4.78, 5) is 12.8. The lowest BCUT2D eigenvalue weighted by atomic mass is 10.1. The van der Waals surface area contributed by atoms with Gasteiger partial charge in [0.2, 0.25) is 5.78 Å². The third-order valence-electron chi connectivity index (χ3n) is 3.61. The first-order valence-electron chi connectivity index (χ1n) is 7.91. The number of azo groups is 1. The van der Waals surface area contributed by atoms with Crippen molar-refractivity contribution in [2.24, 2.45) is 10.2 Å². The van der Waals surface area contributed by atoms with Gasteiger partial charge in [0.1, 0.15) is 0 Å². The minimum Gasteiger partial charge on any atom is -0.505 e. The van der Waals surface area contributed by atoms with Crippen LogP contribution in [0, 0.1) is 0 Å². The molecule has 0 aliphatic rings. The van der Waals surface area contributed by atoms with Crippen molar-refractivity contribution in [3.05, 3.63) is 107 Å². The van der Waals surface area contributed by atoms with Crippen LogP contribution < -0.4 is 0 Å². The van der Waals surface area contributed by atoms with Crippen molar-refractivity contribution in [1.29, 1.82) is 0 Å². The van der Waals surface area contributed by atoms with Crippen LogP contribution in [0.3, 0.4) is 0 Å². The number of aliphatic hydroxyl groups is 1. The molecule has 0 atom stereocenters. The zero-order valence-electron chi connectivity index (χ0n) is 13.7. The van der Waals surface area contributed by atoms with Crippen LogP contribution in [0.15, 0.2) is 101 Å². The maximum Gasteiger partial charge on any atom is 0.217 e. The van der Waals surface area contributed by atoms with Crippen molar-refractivity contribution >= 4 is 28.8 Å². The highest BCUT2D eigenvalue weighted by atomic mass is 35.5. The number of ketones is 1. The third-order valence-corrected chi connectivity index (χ3v) is 3.87. The summed E-state index contributed by atoms with van der Waals surface area (Å²) in [6, 6.07) is 24.1. The molecule has 4 nitrogen and oxygen atoms in total. The molecule has 3 aromatic carbocycles. The van der Waals surface area contributed by atoms with E-state index in [2.05, 4.69) is 10.2 Å². The number of allylic oxidation sites excluding steroid dienone is 1. The van der Waals surface area contributed by atoms with Crippen molar-refractivity contribution in [2.45, 2.75) is 0 Å². The molecule has 3 rings (SSSR count). The van der Waals surface area contributed by atoms with Crippen molar-refractivity contribution < 1.29 is 9.90 Å². The van der Waals surface area contributed by atoms with Crippen LogP contribution in [0.4, 0.5) is 5.69 Å². The molecule has 0 radical (unpaired) electrons. The predicted octanol–water partition coefficient (Wildman–Crippen LogP) is 6.23. The number of aliphatic hydroxyl groups excluding tert-OH is 1. The van der Waals surface area contributed by atoms with Crippen molar-refractivity contribution in [3.8, 4) is 0 Å². The summed E-state index contributed by atoms with van der Waals surface area (Å²) in [5, 5.41) is 19.3. The van der Waals surface area contributed by atoms with Crippen LogP contribution in [0.25, 0.3) is 5.76 Å². The van der Waals surface area contributed by atoms with Gasteiger partial charge in [-0.2, -0.15) is 5.11 Å². The van der Waals surface area contributed by atoms with E-state index in [-0.39, 0.29) is 11.5 Å². The Morgan fingerprint density at radius 2 is 1.31 bits per heavy atom. The fraction of sp³-hybridized carbons (Fsp3) is 0. The molecule has 0 saturated carbocycles. The van der Waals surface area contributed by atoms with Crippen molar-refractivity contribution in [3.63, 3.8) is 0 Å². The molecule has 0 aliphatic heterocycles. The van der Waals surface area contributed by atoms with Crippen molar-refractivity contribution in [1.82, 2.24) is 0 Å². The predicted molar refractivity (Wildman–Crippen MR) is 103 cm³/mol. The average molecular weight is 363 g/mol. The quantitative estimate of drug-likeness (QED) is 0.253. The second kappa shape index (κ2) is 8.23. The summed E-state index contributed by atoms with van der Waals surface area (Å²) < 4.78 is 0. The first-order chi connectivity index (χ1) is 12.6. The van der Waals surface area contributed by atoms with E-state index in [0.29, 0.717) is 21.8 Å². The summed E-state index contributed by atoms with van der Waals surface area (Å²) >= 11 is 5.86. The first-order valence-corrected chi connectivity index (χ1v) is 8.28. The second-order valence-electron chi connectivity index (χ2n) is 5.43. The first kappa shape index (κ1) is 17.6. The number of halogens is 1. The molecular formula is C21H15ClN2O2. The van der Waals surface area contributed by atoms with Gasteiger partial charge in [0.05, 0.1) is 5.69 Å². The molecule has 3 aromatic rings. The van der Waals surface area contributed by atoms with Crippen LogP contribution >= 0.6 is 11.6 Å². The van der Waals surface area contributed by atoms with E-state index in [0.717, 1.165) is 0 Å². The number of hydrogen-bond donors (Lipinski definition) is 1. The molecular weight excluding hydrogens is 348 g/mol. The maximum absolute atomic E-state index is 12.8. The maximum atomic E-state index is 12.8. The molecule has 0 bridgehead atoms. The molecule has 0 fully saturated rings. The lowest BCUT2D eigenvalue weighted by molar-refractivity contribution is 0.103. The molecule has 0 heterocycles. The van der Waals surface area contributed by atoms with E-state index in [1.807, 2.05) is 12.1 Å². The number of rotatable bonds is 5. The van der Waals surface area contributed by atoms with Crippen LogP contribution in [-0.4, -0.2) is 10.9 Å². The van der Waals surface area contributed by atoms with Crippen LogP contribution in [0.1, 0.15) is 15.9 Å². The highest BCUT2D eigenvalue weighted by Crippen LogP contribution is 2.23. The number of carbonyl (C=O) groups is 1. The molecule has 1 N–H and O–H groups in total. The number of Topliss-reactive ketones (excluding diaryl/α,β-unsaturated/α-hetero) is 1. The van der Waals surface area contributed by atoms with Gasteiger partial charge in [-0.15, -0.1) is 5.11 Å². The Kier molecular flexibility index (Phi) is 5.56. The topological polar surface area (TPSA) is 62.0 Å². The molecule has 0 aliphatic carbocycles. The minimum atomic E-state index is -0.412. The SMILES string of the molecule is O=C(/C(N=Nc1ccc(Cl)cc1)=C(\O)c1ccccc1)c1ccccc1. The van der Waals surface area contributed by atoms with Gasteiger partial charge in [0, 0.05) is 16.1 Å². The summed E-state index contributed by atoms with van der Waals surface area (Å²) in [6.45, 7) is 0. The summed E-state index contributed by atoms with van der Waals surface area (Å²) in [5.41, 5.74) is 1.30.